The quantitative estimate of drug-likeness (QED) is 0.583. The largest absolute Gasteiger partial charge is 0.465 e. The number of carbonyl (C=O) groups is 1. The van der Waals surface area contributed by atoms with E-state index in [-0.39, 0.29) is 11.7 Å². The molecular weight excluding hydrogens is 440 g/mol. The molecule has 2 aliphatic rings. The van der Waals surface area contributed by atoms with Gasteiger partial charge in [-0.3, -0.25) is 0 Å². The maximum atomic E-state index is 11.6. The standard InChI is InChI=1S/C24H23ClN6O2/c1-15-4-2-5-16-6-3-7-20(21(15)16)30-13-18-19(14-30)27-23(25)28-22(18)29-10-11-31(24(32)33)17(12-29)8-9-26/h2-7,17H,8,10-14H2,1H3,(H,32,33). The van der Waals surface area contributed by atoms with Gasteiger partial charge >= 0.3 is 6.09 Å². The van der Waals surface area contributed by atoms with E-state index in [1.165, 1.54) is 21.2 Å². The monoisotopic (exact) mass is 462 g/mol. The average Bonchev–Trinajstić information content (AvgIpc) is 3.22. The second-order valence-corrected chi connectivity index (χ2v) is 8.82. The summed E-state index contributed by atoms with van der Waals surface area (Å²) in [7, 11) is 0. The van der Waals surface area contributed by atoms with Crippen LogP contribution in [0.5, 0.6) is 0 Å². The fraction of sp³-hybridized carbons (Fsp3) is 0.333. The Bertz CT molecular complexity index is 1280. The molecule has 0 saturated carbocycles. The number of hydrogen-bond acceptors (Lipinski definition) is 6. The van der Waals surface area contributed by atoms with Crippen LogP contribution in [0.15, 0.2) is 36.4 Å². The van der Waals surface area contributed by atoms with Gasteiger partial charge in [-0.25, -0.2) is 14.8 Å². The predicted molar refractivity (Wildman–Crippen MR) is 127 cm³/mol. The SMILES string of the molecule is Cc1cccc2cccc(N3Cc4nc(Cl)nc(N5CCN(C(=O)O)C(CC#N)C5)c4C3)c12. The Morgan fingerprint density at radius 2 is 1.97 bits per heavy atom. The van der Waals surface area contributed by atoms with E-state index < -0.39 is 12.1 Å². The summed E-state index contributed by atoms with van der Waals surface area (Å²) in [6, 6.07) is 14.3. The first-order valence-electron chi connectivity index (χ1n) is 10.9. The fourth-order valence-corrected chi connectivity index (χ4v) is 5.17. The summed E-state index contributed by atoms with van der Waals surface area (Å²) in [5.74, 6) is 0.734. The van der Waals surface area contributed by atoms with Gasteiger partial charge in [0.25, 0.3) is 0 Å². The van der Waals surface area contributed by atoms with Crippen molar-refractivity contribution < 1.29 is 9.90 Å². The normalized spacial score (nSPS) is 17.8. The minimum absolute atomic E-state index is 0.130. The maximum absolute atomic E-state index is 11.6. The van der Waals surface area contributed by atoms with E-state index in [0.29, 0.717) is 32.7 Å². The third kappa shape index (κ3) is 3.79. The number of fused-ring (bicyclic) bond motifs is 2. The third-order valence-corrected chi connectivity index (χ3v) is 6.69. The number of benzene rings is 2. The first kappa shape index (κ1) is 21.3. The molecule has 1 saturated heterocycles. The second kappa shape index (κ2) is 8.41. The Morgan fingerprint density at radius 1 is 1.18 bits per heavy atom. The second-order valence-electron chi connectivity index (χ2n) is 8.49. The van der Waals surface area contributed by atoms with Gasteiger partial charge in [0, 0.05) is 42.8 Å². The van der Waals surface area contributed by atoms with Crippen LogP contribution in [-0.2, 0) is 13.1 Å². The zero-order valence-electron chi connectivity index (χ0n) is 18.2. The molecule has 1 atom stereocenters. The van der Waals surface area contributed by atoms with Crippen LogP contribution in [0.3, 0.4) is 0 Å². The van der Waals surface area contributed by atoms with Crippen LogP contribution in [0.2, 0.25) is 5.28 Å². The third-order valence-electron chi connectivity index (χ3n) is 6.52. The van der Waals surface area contributed by atoms with E-state index in [1.54, 1.807) is 0 Å². The molecule has 1 aromatic heterocycles. The number of aryl methyl sites for hydroxylation is 1. The number of nitriles is 1. The van der Waals surface area contributed by atoms with Crippen molar-refractivity contribution in [1.29, 1.82) is 5.26 Å². The van der Waals surface area contributed by atoms with E-state index in [4.69, 9.17) is 11.6 Å². The molecule has 8 nitrogen and oxygen atoms in total. The lowest BCUT2D eigenvalue weighted by atomic mass is 10.0. The number of nitrogens with zero attached hydrogens (tertiary/aromatic N) is 6. The van der Waals surface area contributed by atoms with E-state index in [9.17, 15) is 15.2 Å². The lowest BCUT2D eigenvalue weighted by molar-refractivity contribution is 0.119. The van der Waals surface area contributed by atoms with Gasteiger partial charge in [0.15, 0.2) is 0 Å². The summed E-state index contributed by atoms with van der Waals surface area (Å²) in [5, 5.41) is 21.3. The summed E-state index contributed by atoms with van der Waals surface area (Å²) in [6.45, 7) is 4.57. The Morgan fingerprint density at radius 3 is 2.73 bits per heavy atom. The van der Waals surface area contributed by atoms with Crippen LogP contribution in [-0.4, -0.2) is 51.7 Å². The van der Waals surface area contributed by atoms with Crippen molar-refractivity contribution in [3.8, 4) is 6.07 Å². The van der Waals surface area contributed by atoms with Crippen LogP contribution < -0.4 is 9.80 Å². The molecule has 2 aliphatic heterocycles. The minimum Gasteiger partial charge on any atom is -0.465 e. The summed E-state index contributed by atoms with van der Waals surface area (Å²) in [6.07, 6.45) is -0.871. The molecule has 1 fully saturated rings. The first-order chi connectivity index (χ1) is 16.0. The number of amides is 1. The van der Waals surface area contributed by atoms with Gasteiger partial charge in [0.2, 0.25) is 5.28 Å². The number of piperazine rings is 1. The van der Waals surface area contributed by atoms with Gasteiger partial charge in [0.05, 0.1) is 30.8 Å². The zero-order chi connectivity index (χ0) is 23.1. The summed E-state index contributed by atoms with van der Waals surface area (Å²) < 4.78 is 0. The van der Waals surface area contributed by atoms with Gasteiger partial charge in [-0.05, 0) is 35.5 Å². The van der Waals surface area contributed by atoms with Crippen LogP contribution in [0.4, 0.5) is 16.3 Å². The molecule has 0 bridgehead atoms. The minimum atomic E-state index is -1.00. The molecule has 1 N–H and O–H groups in total. The van der Waals surface area contributed by atoms with Crippen molar-refractivity contribution in [2.75, 3.05) is 29.4 Å². The Kier molecular flexibility index (Phi) is 5.43. The van der Waals surface area contributed by atoms with Crippen LogP contribution in [0.25, 0.3) is 10.8 Å². The Hall–Kier alpha value is -3.57. The molecule has 3 aromatic rings. The average molecular weight is 463 g/mol. The van der Waals surface area contributed by atoms with Crippen molar-refractivity contribution in [2.24, 2.45) is 0 Å². The van der Waals surface area contributed by atoms with Crippen molar-refractivity contribution in [3.05, 3.63) is 58.5 Å². The maximum Gasteiger partial charge on any atom is 0.407 e. The van der Waals surface area contributed by atoms with E-state index >= 15 is 0 Å². The summed E-state index contributed by atoms with van der Waals surface area (Å²) in [4.78, 5) is 26.3. The molecule has 0 aliphatic carbocycles. The van der Waals surface area contributed by atoms with Crippen molar-refractivity contribution in [3.63, 3.8) is 0 Å². The van der Waals surface area contributed by atoms with Crippen molar-refractivity contribution in [1.82, 2.24) is 14.9 Å². The van der Waals surface area contributed by atoms with Gasteiger partial charge in [0.1, 0.15) is 5.82 Å². The van der Waals surface area contributed by atoms with Crippen molar-refractivity contribution >= 4 is 40.0 Å². The van der Waals surface area contributed by atoms with Gasteiger partial charge < -0.3 is 19.8 Å². The molecule has 2 aromatic carbocycles. The molecule has 3 heterocycles. The fourth-order valence-electron chi connectivity index (χ4n) is 4.99. The lowest BCUT2D eigenvalue weighted by Gasteiger charge is -2.40. The Balaban J connectivity index is 1.49. The van der Waals surface area contributed by atoms with Crippen LogP contribution >= 0.6 is 11.6 Å². The van der Waals surface area contributed by atoms with Gasteiger partial charge in [-0.15, -0.1) is 0 Å². The molecule has 0 spiro atoms. The summed E-state index contributed by atoms with van der Waals surface area (Å²) in [5.41, 5.74) is 4.24. The number of hydrogen-bond donors (Lipinski definition) is 1. The number of halogens is 1. The van der Waals surface area contributed by atoms with Gasteiger partial charge in [-0.2, -0.15) is 5.26 Å². The number of aromatic nitrogens is 2. The molecular formula is C24H23ClN6O2. The van der Waals surface area contributed by atoms with E-state index in [1.807, 2.05) is 4.90 Å². The molecule has 0 radical (unpaired) electrons. The number of rotatable bonds is 3. The number of carboxylic acid groups (broad SMARTS) is 1. The molecule has 1 amide bonds. The van der Waals surface area contributed by atoms with Gasteiger partial charge in [-0.1, -0.05) is 30.3 Å². The molecule has 9 heteroatoms. The highest BCUT2D eigenvalue weighted by molar-refractivity contribution is 6.28. The molecule has 168 valence electrons. The van der Waals surface area contributed by atoms with Crippen molar-refractivity contribution in [2.45, 2.75) is 32.5 Å². The smallest absolute Gasteiger partial charge is 0.407 e. The van der Waals surface area contributed by atoms with E-state index in [2.05, 4.69) is 64.3 Å². The summed E-state index contributed by atoms with van der Waals surface area (Å²) >= 11 is 6.31. The zero-order valence-corrected chi connectivity index (χ0v) is 19.0. The molecule has 33 heavy (non-hydrogen) atoms. The molecule has 5 rings (SSSR count). The van der Waals surface area contributed by atoms with Crippen LogP contribution in [0, 0.1) is 18.3 Å². The highest BCUT2D eigenvalue weighted by Crippen LogP contribution is 2.38. The number of anilines is 2. The van der Waals surface area contributed by atoms with Crippen LogP contribution in [0.1, 0.15) is 23.2 Å². The highest BCUT2D eigenvalue weighted by atomic mass is 35.5. The predicted octanol–water partition coefficient (Wildman–Crippen LogP) is 4.19. The van der Waals surface area contributed by atoms with E-state index in [0.717, 1.165) is 22.8 Å². The first-order valence-corrected chi connectivity index (χ1v) is 11.2. The lowest BCUT2D eigenvalue weighted by Crippen LogP contribution is -2.55. The highest BCUT2D eigenvalue weighted by Gasteiger charge is 2.34. The Labute approximate surface area is 196 Å². The molecule has 1 unspecified atom stereocenters. The topological polar surface area (TPSA) is 96.6 Å².